The van der Waals surface area contributed by atoms with Crippen molar-refractivity contribution in [2.75, 3.05) is 6.61 Å². The summed E-state index contributed by atoms with van der Waals surface area (Å²) in [5.74, 6) is -0.322. The molecule has 0 spiro atoms. The average molecular weight is 266 g/mol. The Bertz CT molecular complexity index is 632. The summed E-state index contributed by atoms with van der Waals surface area (Å²) in [5.41, 5.74) is 2.50. The fraction of sp³-hybridized carbons (Fsp3) is 0.118. The highest BCUT2D eigenvalue weighted by atomic mass is 16.7. The zero-order valence-electron chi connectivity index (χ0n) is 10.9. The predicted octanol–water partition coefficient (Wildman–Crippen LogP) is 3.59. The van der Waals surface area contributed by atoms with Gasteiger partial charge in [0.2, 0.25) is 6.29 Å². The summed E-state index contributed by atoms with van der Waals surface area (Å²) in [6, 6.07) is 17.3. The third kappa shape index (κ3) is 2.63. The van der Waals surface area contributed by atoms with Crippen molar-refractivity contribution in [3.63, 3.8) is 0 Å². The molecule has 0 amide bonds. The summed E-state index contributed by atoms with van der Waals surface area (Å²) < 4.78 is 10.8. The Morgan fingerprint density at radius 3 is 2.65 bits per heavy atom. The maximum absolute atomic E-state index is 11.6. The minimum atomic E-state index is -0.598. The smallest absolute Gasteiger partial charge is 0.341 e. The molecular weight excluding hydrogens is 252 g/mol. The van der Waals surface area contributed by atoms with Crippen LogP contribution in [0.5, 0.6) is 0 Å². The van der Waals surface area contributed by atoms with Crippen molar-refractivity contribution in [2.45, 2.75) is 6.29 Å². The highest BCUT2D eigenvalue weighted by Gasteiger charge is 2.30. The molecule has 0 fully saturated rings. The molecule has 3 nitrogen and oxygen atoms in total. The van der Waals surface area contributed by atoms with Crippen LogP contribution in [0.3, 0.4) is 0 Å². The van der Waals surface area contributed by atoms with E-state index in [9.17, 15) is 4.79 Å². The summed E-state index contributed by atoms with van der Waals surface area (Å²) in [7, 11) is 0. The molecule has 1 aliphatic heterocycles. The largest absolute Gasteiger partial charge is 0.428 e. The number of hydrogen-bond donors (Lipinski definition) is 0. The first-order chi connectivity index (χ1) is 9.84. The van der Waals surface area contributed by atoms with Crippen LogP contribution < -0.4 is 0 Å². The standard InChI is InChI=1S/C17H14O3/c18-16-14-10-4-5-11-15(14)17(20-16)19-12-6-9-13-7-2-1-3-8-13/h1-11,17H,12H2/b9-6+. The second-order valence-electron chi connectivity index (χ2n) is 4.47. The van der Waals surface area contributed by atoms with Gasteiger partial charge in [-0.05, 0) is 11.6 Å². The lowest BCUT2D eigenvalue weighted by Crippen LogP contribution is -2.03. The molecule has 2 aromatic rings. The Kier molecular flexibility index (Phi) is 3.61. The van der Waals surface area contributed by atoms with E-state index in [-0.39, 0.29) is 5.97 Å². The van der Waals surface area contributed by atoms with Crippen molar-refractivity contribution in [1.82, 2.24) is 0 Å². The number of hydrogen-bond acceptors (Lipinski definition) is 3. The molecular formula is C17H14O3. The van der Waals surface area contributed by atoms with Crippen molar-refractivity contribution < 1.29 is 14.3 Å². The molecule has 1 aliphatic rings. The lowest BCUT2D eigenvalue weighted by atomic mass is 10.1. The molecule has 0 radical (unpaired) electrons. The normalized spacial score (nSPS) is 17.2. The van der Waals surface area contributed by atoms with Gasteiger partial charge in [0.25, 0.3) is 0 Å². The summed E-state index contributed by atoms with van der Waals surface area (Å²) >= 11 is 0. The van der Waals surface area contributed by atoms with E-state index >= 15 is 0 Å². The van der Waals surface area contributed by atoms with Gasteiger partial charge in [-0.25, -0.2) is 4.79 Å². The Balaban J connectivity index is 1.60. The zero-order valence-corrected chi connectivity index (χ0v) is 10.9. The van der Waals surface area contributed by atoms with Gasteiger partial charge in [-0.3, -0.25) is 0 Å². The summed E-state index contributed by atoms with van der Waals surface area (Å²) in [5, 5.41) is 0. The summed E-state index contributed by atoms with van der Waals surface area (Å²) in [6.45, 7) is 0.390. The molecule has 1 unspecified atom stereocenters. The van der Waals surface area contributed by atoms with Crippen LogP contribution in [-0.4, -0.2) is 12.6 Å². The lowest BCUT2D eigenvalue weighted by Gasteiger charge is -2.09. The predicted molar refractivity (Wildman–Crippen MR) is 76.0 cm³/mol. The number of cyclic esters (lactones) is 1. The van der Waals surface area contributed by atoms with Crippen molar-refractivity contribution >= 4 is 12.0 Å². The van der Waals surface area contributed by atoms with Gasteiger partial charge in [0, 0.05) is 5.56 Å². The lowest BCUT2D eigenvalue weighted by molar-refractivity contribution is -0.0942. The molecule has 0 aliphatic carbocycles. The molecule has 100 valence electrons. The molecule has 0 N–H and O–H groups in total. The molecule has 2 aromatic carbocycles. The number of fused-ring (bicyclic) bond motifs is 1. The first-order valence-corrected chi connectivity index (χ1v) is 6.48. The van der Waals surface area contributed by atoms with Gasteiger partial charge in [0.1, 0.15) is 0 Å². The van der Waals surface area contributed by atoms with E-state index in [1.54, 1.807) is 6.07 Å². The Labute approximate surface area is 117 Å². The Morgan fingerprint density at radius 2 is 1.80 bits per heavy atom. The summed E-state index contributed by atoms with van der Waals surface area (Å²) in [4.78, 5) is 11.6. The van der Waals surface area contributed by atoms with Gasteiger partial charge in [0.05, 0.1) is 12.2 Å². The highest BCUT2D eigenvalue weighted by Crippen LogP contribution is 2.30. The fourth-order valence-corrected chi connectivity index (χ4v) is 2.13. The molecule has 3 heteroatoms. The molecule has 0 aromatic heterocycles. The van der Waals surface area contributed by atoms with E-state index in [1.165, 1.54) is 0 Å². The van der Waals surface area contributed by atoms with Crippen LogP contribution in [0.15, 0.2) is 60.7 Å². The second kappa shape index (κ2) is 5.72. The Morgan fingerprint density at radius 1 is 1.05 bits per heavy atom. The van der Waals surface area contributed by atoms with Gasteiger partial charge < -0.3 is 9.47 Å². The number of benzene rings is 2. The number of carbonyl (C=O) groups excluding carboxylic acids is 1. The van der Waals surface area contributed by atoms with Crippen molar-refractivity contribution in [3.05, 3.63) is 77.4 Å². The number of rotatable bonds is 4. The van der Waals surface area contributed by atoms with Crippen LogP contribution in [0.1, 0.15) is 27.8 Å². The van der Waals surface area contributed by atoms with E-state index in [4.69, 9.17) is 9.47 Å². The molecule has 1 heterocycles. The van der Waals surface area contributed by atoms with Gasteiger partial charge in [-0.15, -0.1) is 0 Å². The second-order valence-corrected chi connectivity index (χ2v) is 4.47. The Hall–Kier alpha value is -2.39. The van der Waals surface area contributed by atoms with Gasteiger partial charge in [-0.2, -0.15) is 0 Å². The SMILES string of the molecule is O=C1OC(OC/C=C/c2ccccc2)c2ccccc21. The maximum Gasteiger partial charge on any atom is 0.341 e. The van der Waals surface area contributed by atoms with Crippen LogP contribution in [0.2, 0.25) is 0 Å². The third-order valence-electron chi connectivity index (χ3n) is 3.10. The van der Waals surface area contributed by atoms with E-state index in [1.807, 2.05) is 60.7 Å². The van der Waals surface area contributed by atoms with Crippen molar-refractivity contribution in [3.8, 4) is 0 Å². The van der Waals surface area contributed by atoms with E-state index in [0.29, 0.717) is 12.2 Å². The van der Waals surface area contributed by atoms with Crippen LogP contribution in [0.25, 0.3) is 6.08 Å². The molecule has 20 heavy (non-hydrogen) atoms. The summed E-state index contributed by atoms with van der Waals surface area (Å²) in [6.07, 6.45) is 3.28. The average Bonchev–Trinajstić information content (AvgIpc) is 2.82. The van der Waals surface area contributed by atoms with E-state index in [2.05, 4.69) is 0 Å². The first-order valence-electron chi connectivity index (χ1n) is 6.48. The third-order valence-corrected chi connectivity index (χ3v) is 3.10. The zero-order chi connectivity index (χ0) is 13.8. The fourth-order valence-electron chi connectivity index (χ4n) is 2.13. The number of carbonyl (C=O) groups is 1. The molecule has 0 bridgehead atoms. The maximum atomic E-state index is 11.6. The van der Waals surface area contributed by atoms with Gasteiger partial charge in [0.15, 0.2) is 0 Å². The molecule has 3 rings (SSSR count). The topological polar surface area (TPSA) is 35.5 Å². The van der Waals surface area contributed by atoms with Crippen molar-refractivity contribution in [2.24, 2.45) is 0 Å². The van der Waals surface area contributed by atoms with Crippen LogP contribution in [0, 0.1) is 0 Å². The van der Waals surface area contributed by atoms with E-state index < -0.39 is 6.29 Å². The highest BCUT2D eigenvalue weighted by molar-refractivity contribution is 5.93. The molecule has 1 atom stereocenters. The minimum Gasteiger partial charge on any atom is -0.428 e. The minimum absolute atomic E-state index is 0.322. The number of esters is 1. The molecule has 0 saturated heterocycles. The van der Waals surface area contributed by atoms with Gasteiger partial charge >= 0.3 is 5.97 Å². The first kappa shape index (κ1) is 12.6. The van der Waals surface area contributed by atoms with Gasteiger partial charge in [-0.1, -0.05) is 60.7 Å². The van der Waals surface area contributed by atoms with E-state index in [0.717, 1.165) is 11.1 Å². The number of ether oxygens (including phenoxy) is 2. The quantitative estimate of drug-likeness (QED) is 0.793. The monoisotopic (exact) mass is 266 g/mol. The van der Waals surface area contributed by atoms with Crippen LogP contribution >= 0.6 is 0 Å². The van der Waals surface area contributed by atoms with Crippen molar-refractivity contribution in [1.29, 1.82) is 0 Å². The van der Waals surface area contributed by atoms with Crippen LogP contribution in [-0.2, 0) is 9.47 Å². The van der Waals surface area contributed by atoms with Crippen LogP contribution in [0.4, 0.5) is 0 Å². The molecule has 0 saturated carbocycles.